The molecule has 0 bridgehead atoms. The summed E-state index contributed by atoms with van der Waals surface area (Å²) in [4.78, 5) is 0. The summed E-state index contributed by atoms with van der Waals surface area (Å²) in [5.74, 6) is 1.40. The Morgan fingerprint density at radius 1 is 0.706 bits per heavy atom. The Morgan fingerprint density at radius 3 is 1.35 bits per heavy atom. The minimum Gasteiger partial charge on any atom is -0.340 e. The third-order valence-electron chi connectivity index (χ3n) is 2.82. The molecule has 0 spiro atoms. The molecule has 0 nitrogen and oxygen atoms in total. The van der Waals surface area contributed by atoms with Gasteiger partial charge in [0.1, 0.15) is 0 Å². The van der Waals surface area contributed by atoms with Gasteiger partial charge in [0.05, 0.1) is 0 Å². The first-order chi connectivity index (χ1) is 7.12. The number of hydrogen-bond donors (Lipinski definition) is 0. The van der Waals surface area contributed by atoms with Crippen LogP contribution < -0.4 is 59.1 Å². The van der Waals surface area contributed by atoms with Crippen LogP contribution in [0.3, 0.4) is 0 Å². The van der Waals surface area contributed by atoms with Gasteiger partial charge in [-0.15, -0.1) is 0 Å². The van der Waals surface area contributed by atoms with Crippen molar-refractivity contribution in [2.45, 2.75) is 72.6 Å². The van der Waals surface area contributed by atoms with Crippen LogP contribution in [0.25, 0.3) is 0 Å². The second-order valence-electron chi connectivity index (χ2n) is 4.48. The monoisotopic (exact) mass is 258 g/mol. The summed E-state index contributed by atoms with van der Waals surface area (Å²) in [5, 5.41) is 0. The van der Waals surface area contributed by atoms with Crippen molar-refractivity contribution < 1.29 is 59.1 Å². The molecule has 17 heavy (non-hydrogen) atoms. The van der Waals surface area contributed by atoms with Crippen LogP contribution in [0.4, 0.5) is 0 Å². The Labute approximate surface area is 156 Å². The molecule has 94 valence electrons. The van der Waals surface area contributed by atoms with Crippen LogP contribution in [0.2, 0.25) is 0 Å². The SMILES string of the molecule is [CH2-]C(CC)CCC.[CH2-]C(CC)CCCC.[Na+].[Na+]. The predicted octanol–water partition coefficient (Wildman–Crippen LogP) is -0.308. The van der Waals surface area contributed by atoms with Gasteiger partial charge in [0.2, 0.25) is 0 Å². The molecule has 0 saturated carbocycles. The Morgan fingerprint density at radius 2 is 1.12 bits per heavy atom. The summed E-state index contributed by atoms with van der Waals surface area (Å²) in [7, 11) is 0. The van der Waals surface area contributed by atoms with Gasteiger partial charge in [-0.3, -0.25) is 0 Å². The van der Waals surface area contributed by atoms with E-state index in [9.17, 15) is 0 Å². The van der Waals surface area contributed by atoms with Crippen molar-refractivity contribution in [3.8, 4) is 0 Å². The Kier molecular flexibility index (Phi) is 37.2. The first kappa shape index (κ1) is 27.4. The van der Waals surface area contributed by atoms with E-state index < -0.39 is 0 Å². The van der Waals surface area contributed by atoms with Gasteiger partial charge in [0, 0.05) is 0 Å². The van der Waals surface area contributed by atoms with E-state index in [4.69, 9.17) is 0 Å². The van der Waals surface area contributed by atoms with Crippen molar-refractivity contribution in [1.82, 2.24) is 0 Å². The first-order valence-corrected chi connectivity index (χ1v) is 6.78. The molecule has 0 rings (SSSR count). The molecular formula is C15H32Na2. The summed E-state index contributed by atoms with van der Waals surface area (Å²) in [6.07, 6.45) is 9.01. The standard InChI is InChI=1S/C8H17.C7H15.2Na/c1-4-6-7-8(3)5-2;1-4-6-7(3)5-2;;/h8H,3-7H2,1-2H3;7H,3-6H2,1-2H3;;/q2*-1;2*+1. The van der Waals surface area contributed by atoms with E-state index in [-0.39, 0.29) is 59.1 Å². The quantitative estimate of drug-likeness (QED) is 0.434. The van der Waals surface area contributed by atoms with Crippen LogP contribution >= 0.6 is 0 Å². The summed E-state index contributed by atoms with van der Waals surface area (Å²) >= 11 is 0. The fourth-order valence-electron chi connectivity index (χ4n) is 1.31. The van der Waals surface area contributed by atoms with Crippen LogP contribution in [-0.4, -0.2) is 0 Å². The zero-order chi connectivity index (χ0) is 12.1. The molecule has 0 fully saturated rings. The number of unbranched alkanes of at least 4 members (excludes halogenated alkanes) is 1. The molecule has 0 saturated heterocycles. The third-order valence-corrected chi connectivity index (χ3v) is 2.82. The molecule has 0 aromatic heterocycles. The van der Waals surface area contributed by atoms with E-state index in [1.54, 1.807) is 0 Å². The number of hydrogen-bond acceptors (Lipinski definition) is 0. The second-order valence-corrected chi connectivity index (χ2v) is 4.48. The van der Waals surface area contributed by atoms with E-state index in [1.165, 1.54) is 44.9 Å². The summed E-state index contributed by atoms with van der Waals surface area (Å²) in [5.41, 5.74) is 0. The van der Waals surface area contributed by atoms with Crippen LogP contribution in [0.1, 0.15) is 72.6 Å². The van der Waals surface area contributed by atoms with Gasteiger partial charge >= 0.3 is 59.1 Å². The fourth-order valence-corrected chi connectivity index (χ4v) is 1.31. The Bertz CT molecular complexity index is 105. The van der Waals surface area contributed by atoms with Crippen molar-refractivity contribution in [2.24, 2.45) is 11.8 Å². The van der Waals surface area contributed by atoms with Gasteiger partial charge < -0.3 is 13.8 Å². The average Bonchev–Trinajstić information content (AvgIpc) is 2.26. The van der Waals surface area contributed by atoms with Crippen LogP contribution in [0.5, 0.6) is 0 Å². The second kappa shape index (κ2) is 23.1. The van der Waals surface area contributed by atoms with Crippen LogP contribution in [0, 0.1) is 25.7 Å². The van der Waals surface area contributed by atoms with Gasteiger partial charge in [0.15, 0.2) is 0 Å². The van der Waals surface area contributed by atoms with E-state index in [1.807, 2.05) is 0 Å². The molecule has 0 amide bonds. The molecule has 0 aromatic carbocycles. The van der Waals surface area contributed by atoms with Gasteiger partial charge in [-0.05, 0) is 0 Å². The largest absolute Gasteiger partial charge is 1.00 e. The van der Waals surface area contributed by atoms with Crippen LogP contribution in [0.15, 0.2) is 0 Å². The minimum absolute atomic E-state index is 0. The first-order valence-electron chi connectivity index (χ1n) is 6.78. The molecule has 0 heterocycles. The van der Waals surface area contributed by atoms with Gasteiger partial charge in [-0.2, -0.15) is 11.8 Å². The number of rotatable bonds is 7. The zero-order valence-corrected chi connectivity index (χ0v) is 17.5. The molecule has 0 aliphatic carbocycles. The zero-order valence-electron chi connectivity index (χ0n) is 13.5. The third kappa shape index (κ3) is 27.3. The molecule has 2 heteroatoms. The summed E-state index contributed by atoms with van der Waals surface area (Å²) in [6, 6.07) is 0. The molecule has 0 N–H and O–H groups in total. The smallest absolute Gasteiger partial charge is 0.340 e. The summed E-state index contributed by atoms with van der Waals surface area (Å²) < 4.78 is 0. The molecule has 0 aliphatic rings. The van der Waals surface area contributed by atoms with E-state index in [0.717, 1.165) is 0 Å². The van der Waals surface area contributed by atoms with Gasteiger partial charge in [-0.25, -0.2) is 0 Å². The van der Waals surface area contributed by atoms with E-state index in [0.29, 0.717) is 11.8 Å². The van der Waals surface area contributed by atoms with E-state index in [2.05, 4.69) is 41.5 Å². The topological polar surface area (TPSA) is 0 Å². The van der Waals surface area contributed by atoms with Crippen molar-refractivity contribution in [3.63, 3.8) is 0 Å². The van der Waals surface area contributed by atoms with Gasteiger partial charge in [0.25, 0.3) is 0 Å². The normalized spacial score (nSPS) is 12.4. The molecule has 0 aromatic rings. The molecular weight excluding hydrogens is 226 g/mol. The van der Waals surface area contributed by atoms with Crippen molar-refractivity contribution in [3.05, 3.63) is 13.8 Å². The van der Waals surface area contributed by atoms with Gasteiger partial charge in [-0.1, -0.05) is 72.6 Å². The molecule has 0 radical (unpaired) electrons. The average molecular weight is 258 g/mol. The summed E-state index contributed by atoms with van der Waals surface area (Å²) in [6.45, 7) is 16.8. The van der Waals surface area contributed by atoms with Crippen LogP contribution in [-0.2, 0) is 0 Å². The molecule has 0 aliphatic heterocycles. The van der Waals surface area contributed by atoms with Crippen molar-refractivity contribution >= 4 is 0 Å². The molecule has 2 atom stereocenters. The maximum absolute atomic E-state index is 3.99. The van der Waals surface area contributed by atoms with E-state index >= 15 is 0 Å². The maximum Gasteiger partial charge on any atom is 1.00 e. The maximum atomic E-state index is 3.99. The Balaban J connectivity index is -0.0000000896. The Hall–Kier alpha value is 2.00. The minimum atomic E-state index is 0. The molecule has 2 unspecified atom stereocenters. The predicted molar refractivity (Wildman–Crippen MR) is 72.7 cm³/mol. The van der Waals surface area contributed by atoms with Crippen molar-refractivity contribution in [1.29, 1.82) is 0 Å². The fraction of sp³-hybridized carbons (Fsp3) is 0.867. The van der Waals surface area contributed by atoms with Crippen molar-refractivity contribution in [2.75, 3.05) is 0 Å².